The molecule has 0 aliphatic heterocycles. The molecular formula is C13H18IO4-. The zero-order chi connectivity index (χ0) is 13.5. The van der Waals surface area contributed by atoms with Crippen molar-refractivity contribution in [2.24, 2.45) is 17.3 Å². The normalized spacial score (nSPS) is 37.8. The number of carbonyl (C=O) groups is 2. The molecule has 2 bridgehead atoms. The number of aliphatic carboxylic acids is 1. The van der Waals surface area contributed by atoms with Crippen LogP contribution in [0.25, 0.3) is 0 Å². The number of rotatable bonds is 4. The van der Waals surface area contributed by atoms with Crippen molar-refractivity contribution in [2.75, 3.05) is 0 Å². The Morgan fingerprint density at radius 2 is 2.11 bits per heavy atom. The summed E-state index contributed by atoms with van der Waals surface area (Å²) in [6, 6.07) is 0. The van der Waals surface area contributed by atoms with Crippen molar-refractivity contribution in [1.82, 2.24) is 0 Å². The molecule has 4 nitrogen and oxygen atoms in total. The summed E-state index contributed by atoms with van der Waals surface area (Å²) in [5.41, 5.74) is -0.114. The van der Waals surface area contributed by atoms with Gasteiger partial charge in [-0.1, -0.05) is 0 Å². The third kappa shape index (κ3) is 2.29. The molecule has 2 aliphatic rings. The van der Waals surface area contributed by atoms with Gasteiger partial charge in [0.2, 0.25) is 0 Å². The first kappa shape index (κ1) is 13.8. The van der Waals surface area contributed by atoms with Crippen LogP contribution in [-0.2, 0) is 12.7 Å². The Morgan fingerprint density at radius 3 is 2.56 bits per heavy atom. The molecule has 102 valence electrons. The third-order valence-electron chi connectivity index (χ3n) is 4.26. The molecular weight excluding hydrogens is 347 g/mol. The number of carboxylic acids is 1. The standard InChI is InChI=1S/C13H18IO4/c1-7(2)11(15)18-14-10-5-9-4-8(10)6-13(9,3)12(16)17/h8-10H,1,4-6H2,2-3H3,(H,16,17)/q-1. The summed E-state index contributed by atoms with van der Waals surface area (Å²) in [5.74, 6) is -0.285. The fraction of sp³-hybridized carbons (Fsp3) is 0.692. The summed E-state index contributed by atoms with van der Waals surface area (Å²) in [5, 5.41) is 9.28. The van der Waals surface area contributed by atoms with Crippen molar-refractivity contribution in [3.63, 3.8) is 0 Å². The van der Waals surface area contributed by atoms with Crippen molar-refractivity contribution >= 4 is 11.9 Å². The van der Waals surface area contributed by atoms with Crippen LogP contribution in [0, 0.1) is 17.3 Å². The summed E-state index contributed by atoms with van der Waals surface area (Å²) < 4.78 is 5.73. The van der Waals surface area contributed by atoms with Crippen molar-refractivity contribution < 1.29 is 39.4 Å². The van der Waals surface area contributed by atoms with Crippen LogP contribution >= 0.6 is 0 Å². The van der Waals surface area contributed by atoms with Crippen LogP contribution < -0.4 is 21.6 Å². The molecule has 0 saturated heterocycles. The molecule has 0 heterocycles. The average molecular weight is 365 g/mol. The van der Waals surface area contributed by atoms with Crippen LogP contribution in [0.5, 0.6) is 0 Å². The van der Waals surface area contributed by atoms with Crippen molar-refractivity contribution in [2.45, 2.75) is 37.0 Å². The van der Waals surface area contributed by atoms with E-state index in [9.17, 15) is 14.7 Å². The number of alkyl halides is 1. The monoisotopic (exact) mass is 365 g/mol. The minimum absolute atomic E-state index is 0.258. The molecule has 2 aliphatic carbocycles. The second-order valence-corrected chi connectivity index (χ2v) is 8.15. The summed E-state index contributed by atoms with van der Waals surface area (Å²) >= 11 is -0.634. The predicted molar refractivity (Wildman–Crippen MR) is 61.3 cm³/mol. The molecule has 4 unspecified atom stereocenters. The van der Waals surface area contributed by atoms with Gasteiger partial charge in [0.25, 0.3) is 0 Å². The molecule has 1 N–H and O–H groups in total. The first-order valence-corrected chi connectivity index (χ1v) is 8.21. The van der Waals surface area contributed by atoms with Gasteiger partial charge in [-0.25, -0.2) is 0 Å². The number of carbonyl (C=O) groups excluding carboxylic acids is 1. The molecule has 2 saturated carbocycles. The van der Waals surface area contributed by atoms with Crippen LogP contribution in [0.4, 0.5) is 0 Å². The summed E-state index contributed by atoms with van der Waals surface area (Å²) in [4.78, 5) is 22.6. The topological polar surface area (TPSA) is 63.6 Å². The van der Waals surface area contributed by atoms with Gasteiger partial charge in [0.05, 0.1) is 0 Å². The van der Waals surface area contributed by atoms with Gasteiger partial charge in [-0.05, 0) is 0 Å². The van der Waals surface area contributed by atoms with Crippen LogP contribution in [0.1, 0.15) is 33.1 Å². The van der Waals surface area contributed by atoms with Crippen molar-refractivity contribution in [3.8, 4) is 0 Å². The van der Waals surface area contributed by atoms with Crippen molar-refractivity contribution in [1.29, 1.82) is 0 Å². The minimum atomic E-state index is -0.675. The van der Waals surface area contributed by atoms with E-state index in [-0.39, 0.29) is 11.9 Å². The van der Waals surface area contributed by atoms with Crippen molar-refractivity contribution in [3.05, 3.63) is 12.2 Å². The Balaban J connectivity index is 1.90. The van der Waals surface area contributed by atoms with Gasteiger partial charge in [0.15, 0.2) is 0 Å². The van der Waals surface area contributed by atoms with E-state index in [1.165, 1.54) is 0 Å². The predicted octanol–water partition coefficient (Wildman–Crippen LogP) is -1.00. The molecule has 0 aromatic rings. The molecule has 2 rings (SSSR count). The van der Waals surface area contributed by atoms with Gasteiger partial charge in [-0.3, -0.25) is 0 Å². The summed E-state index contributed by atoms with van der Waals surface area (Å²) in [6.45, 7) is 7.06. The first-order valence-electron chi connectivity index (χ1n) is 6.08. The van der Waals surface area contributed by atoms with Gasteiger partial charge < -0.3 is 0 Å². The molecule has 5 heteroatoms. The molecule has 2 fully saturated rings. The van der Waals surface area contributed by atoms with Crippen LogP contribution in [0.2, 0.25) is 0 Å². The van der Waals surface area contributed by atoms with Gasteiger partial charge >= 0.3 is 118 Å². The number of hydrogen-bond donors (Lipinski definition) is 1. The number of hydrogen-bond acceptors (Lipinski definition) is 3. The number of fused-ring (bicyclic) bond motifs is 2. The summed E-state index contributed by atoms with van der Waals surface area (Å²) in [7, 11) is 0. The maximum absolute atomic E-state index is 11.4. The number of carboxylic acid groups (broad SMARTS) is 1. The molecule has 0 radical (unpaired) electrons. The van der Waals surface area contributed by atoms with Gasteiger partial charge in [-0.2, -0.15) is 0 Å². The first-order chi connectivity index (χ1) is 8.34. The third-order valence-corrected chi connectivity index (χ3v) is 7.09. The van der Waals surface area contributed by atoms with E-state index < -0.39 is 33.0 Å². The summed E-state index contributed by atoms with van der Waals surface area (Å²) in [6.07, 6.45) is 2.63. The van der Waals surface area contributed by atoms with E-state index in [0.717, 1.165) is 19.3 Å². The van der Waals surface area contributed by atoms with E-state index in [0.29, 0.717) is 15.4 Å². The Morgan fingerprint density at radius 1 is 1.44 bits per heavy atom. The zero-order valence-electron chi connectivity index (χ0n) is 10.6. The second-order valence-electron chi connectivity index (χ2n) is 5.61. The average Bonchev–Trinajstić information content (AvgIpc) is 2.82. The maximum atomic E-state index is 11.4. The molecule has 0 aromatic carbocycles. The zero-order valence-corrected chi connectivity index (χ0v) is 12.8. The van der Waals surface area contributed by atoms with E-state index in [2.05, 4.69) is 6.58 Å². The van der Waals surface area contributed by atoms with Gasteiger partial charge in [0, 0.05) is 0 Å². The fourth-order valence-corrected chi connectivity index (χ4v) is 5.77. The Kier molecular flexibility index (Phi) is 3.71. The van der Waals surface area contributed by atoms with Crippen LogP contribution in [0.15, 0.2) is 12.2 Å². The molecule has 0 spiro atoms. The fourth-order valence-electron chi connectivity index (χ4n) is 3.05. The van der Waals surface area contributed by atoms with E-state index in [1.807, 2.05) is 6.92 Å². The number of halogens is 1. The quantitative estimate of drug-likeness (QED) is 0.395. The Labute approximate surface area is 118 Å². The molecule has 0 aromatic heterocycles. The van der Waals surface area contributed by atoms with Crippen LogP contribution in [-0.4, -0.2) is 21.0 Å². The SMILES string of the molecule is C=C(C)C(=O)O[I-]C1CC2CC1CC2(C)C(=O)O. The van der Waals surface area contributed by atoms with E-state index in [4.69, 9.17) is 3.07 Å². The van der Waals surface area contributed by atoms with Gasteiger partial charge in [-0.15, -0.1) is 0 Å². The van der Waals surface area contributed by atoms with Crippen LogP contribution in [0.3, 0.4) is 0 Å². The molecule has 18 heavy (non-hydrogen) atoms. The van der Waals surface area contributed by atoms with E-state index in [1.54, 1.807) is 6.92 Å². The Hall–Kier alpha value is -0.590. The van der Waals surface area contributed by atoms with Gasteiger partial charge in [0.1, 0.15) is 0 Å². The molecule has 0 amide bonds. The Bertz CT molecular complexity index is 406. The van der Waals surface area contributed by atoms with E-state index >= 15 is 0 Å². The molecule has 4 atom stereocenters. The second kappa shape index (κ2) is 4.83.